The topological polar surface area (TPSA) is 0 Å². The van der Waals surface area contributed by atoms with Crippen molar-refractivity contribution in [1.82, 2.24) is 0 Å². The predicted molar refractivity (Wildman–Crippen MR) is 95.1 cm³/mol. The lowest BCUT2D eigenvalue weighted by Gasteiger charge is -2.08. The fourth-order valence-electron chi connectivity index (χ4n) is 2.97. The molecule has 4 rings (SSSR count). The van der Waals surface area contributed by atoms with Crippen molar-refractivity contribution in [2.45, 2.75) is 0 Å². The van der Waals surface area contributed by atoms with Crippen LogP contribution in [0.5, 0.6) is 0 Å². The Hall–Kier alpha value is -2.86. The lowest BCUT2D eigenvalue weighted by Crippen LogP contribution is -1.86. The second kappa shape index (κ2) is 5.50. The Kier molecular flexibility index (Phi) is 3.21. The van der Waals surface area contributed by atoms with E-state index in [4.69, 9.17) is 0 Å². The van der Waals surface area contributed by atoms with E-state index >= 15 is 0 Å². The minimum absolute atomic E-state index is 1.23. The van der Waals surface area contributed by atoms with Crippen molar-refractivity contribution in [1.29, 1.82) is 0 Å². The highest BCUT2D eigenvalue weighted by Gasteiger charge is 2.19. The maximum absolute atomic E-state index is 2.29. The van der Waals surface area contributed by atoms with Gasteiger partial charge in [0.05, 0.1) is 0 Å². The van der Waals surface area contributed by atoms with Gasteiger partial charge in [-0.1, -0.05) is 84.9 Å². The fraction of sp³-hybridized carbons (Fsp3) is 0. The first-order valence-electron chi connectivity index (χ1n) is 7.55. The molecule has 0 heteroatoms. The van der Waals surface area contributed by atoms with Crippen molar-refractivity contribution in [2.24, 2.45) is 0 Å². The Morgan fingerprint density at radius 2 is 1.23 bits per heavy atom. The Bertz CT molecular complexity index is 853. The van der Waals surface area contributed by atoms with Crippen LogP contribution in [0.3, 0.4) is 0 Å². The third kappa shape index (κ3) is 2.29. The highest BCUT2D eigenvalue weighted by molar-refractivity contribution is 6.21. The monoisotopic (exact) mass is 280 g/mol. The van der Waals surface area contributed by atoms with Crippen LogP contribution in [0.2, 0.25) is 0 Å². The van der Waals surface area contributed by atoms with Crippen molar-refractivity contribution in [3.8, 4) is 0 Å². The maximum Gasteiger partial charge on any atom is -0.00932 e. The van der Waals surface area contributed by atoms with Crippen LogP contribution in [0.15, 0.2) is 84.9 Å². The molecule has 22 heavy (non-hydrogen) atoms. The maximum atomic E-state index is 2.29. The predicted octanol–water partition coefficient (Wildman–Crippen LogP) is 5.78. The minimum atomic E-state index is 1.23. The molecule has 0 saturated carbocycles. The average molecular weight is 280 g/mol. The van der Waals surface area contributed by atoms with Gasteiger partial charge in [-0.15, -0.1) is 0 Å². The van der Waals surface area contributed by atoms with E-state index in [2.05, 4.69) is 97.1 Å². The number of allylic oxidation sites excluding steroid dienone is 2. The summed E-state index contributed by atoms with van der Waals surface area (Å²) in [5.41, 5.74) is 7.70. The second-order valence-electron chi connectivity index (χ2n) is 5.48. The van der Waals surface area contributed by atoms with E-state index in [1.54, 1.807) is 0 Å². The molecular weight excluding hydrogens is 264 g/mol. The smallest absolute Gasteiger partial charge is 0.00932 e. The van der Waals surface area contributed by atoms with Crippen LogP contribution in [0.1, 0.15) is 22.3 Å². The molecule has 3 aromatic rings. The van der Waals surface area contributed by atoms with E-state index in [9.17, 15) is 0 Å². The van der Waals surface area contributed by atoms with Gasteiger partial charge in [0, 0.05) is 0 Å². The summed E-state index contributed by atoms with van der Waals surface area (Å²) >= 11 is 0. The van der Waals surface area contributed by atoms with Crippen molar-refractivity contribution in [3.63, 3.8) is 0 Å². The van der Waals surface area contributed by atoms with Gasteiger partial charge in [-0.25, -0.2) is 0 Å². The normalized spacial score (nSPS) is 14.7. The number of hydrogen-bond donors (Lipinski definition) is 0. The van der Waals surface area contributed by atoms with E-state index < -0.39 is 0 Å². The van der Waals surface area contributed by atoms with Crippen LogP contribution in [0.4, 0.5) is 0 Å². The van der Waals surface area contributed by atoms with Crippen LogP contribution in [-0.4, -0.2) is 0 Å². The standard InChI is InChI=1S/C22H16/c1-3-9-17(10-4-1)15-22-20-14-8-7-13-19(20)16-21(22)18-11-5-2-6-12-18/h1-16H. The van der Waals surface area contributed by atoms with Crippen molar-refractivity contribution in [3.05, 3.63) is 107 Å². The molecule has 0 heterocycles. The van der Waals surface area contributed by atoms with Gasteiger partial charge in [0.15, 0.2) is 0 Å². The summed E-state index contributed by atoms with van der Waals surface area (Å²) in [6.07, 6.45) is 4.57. The van der Waals surface area contributed by atoms with Crippen LogP contribution in [0.25, 0.3) is 23.3 Å². The van der Waals surface area contributed by atoms with Crippen LogP contribution < -0.4 is 0 Å². The Morgan fingerprint density at radius 1 is 0.591 bits per heavy atom. The molecule has 0 bridgehead atoms. The van der Waals surface area contributed by atoms with Gasteiger partial charge in [0.25, 0.3) is 0 Å². The molecule has 0 fully saturated rings. The molecule has 0 atom stereocenters. The number of hydrogen-bond acceptors (Lipinski definition) is 0. The van der Waals surface area contributed by atoms with Crippen LogP contribution in [-0.2, 0) is 0 Å². The van der Waals surface area contributed by atoms with Crippen molar-refractivity contribution >= 4 is 23.3 Å². The Morgan fingerprint density at radius 3 is 2.00 bits per heavy atom. The summed E-state index contributed by atoms with van der Waals surface area (Å²) in [5.74, 6) is 0. The third-order valence-electron chi connectivity index (χ3n) is 4.04. The highest BCUT2D eigenvalue weighted by Crippen LogP contribution is 2.42. The first kappa shape index (κ1) is 12.8. The molecule has 0 aromatic heterocycles. The van der Waals surface area contributed by atoms with Gasteiger partial charge >= 0.3 is 0 Å². The molecule has 0 nitrogen and oxygen atoms in total. The average Bonchev–Trinajstić information content (AvgIpc) is 2.95. The van der Waals surface area contributed by atoms with Gasteiger partial charge in [0.2, 0.25) is 0 Å². The SMILES string of the molecule is C1=C(c2ccccc2)C(=Cc2ccccc2)c2ccccc21. The molecule has 3 aromatic carbocycles. The number of benzene rings is 3. The molecule has 0 aliphatic heterocycles. The molecule has 0 saturated heterocycles. The Labute approximate surface area is 131 Å². The first-order chi connectivity index (χ1) is 10.9. The molecule has 0 radical (unpaired) electrons. The lowest BCUT2D eigenvalue weighted by molar-refractivity contribution is 1.60. The van der Waals surface area contributed by atoms with Gasteiger partial charge in [-0.05, 0) is 45.6 Å². The third-order valence-corrected chi connectivity index (χ3v) is 4.04. The van der Waals surface area contributed by atoms with Crippen molar-refractivity contribution < 1.29 is 0 Å². The largest absolute Gasteiger partial charge is 0.0622 e. The van der Waals surface area contributed by atoms with Gasteiger partial charge < -0.3 is 0 Å². The molecule has 104 valence electrons. The summed E-state index contributed by atoms with van der Waals surface area (Å²) in [5, 5.41) is 0. The van der Waals surface area contributed by atoms with Gasteiger partial charge in [-0.2, -0.15) is 0 Å². The molecule has 0 N–H and O–H groups in total. The molecule has 0 amide bonds. The minimum Gasteiger partial charge on any atom is -0.0622 e. The molecule has 1 aliphatic rings. The van der Waals surface area contributed by atoms with E-state index in [1.807, 2.05) is 0 Å². The molecule has 1 aliphatic carbocycles. The van der Waals surface area contributed by atoms with E-state index in [-0.39, 0.29) is 0 Å². The van der Waals surface area contributed by atoms with Gasteiger partial charge in [-0.3, -0.25) is 0 Å². The zero-order valence-electron chi connectivity index (χ0n) is 12.2. The summed E-state index contributed by atoms with van der Waals surface area (Å²) in [4.78, 5) is 0. The second-order valence-corrected chi connectivity index (χ2v) is 5.48. The first-order valence-corrected chi connectivity index (χ1v) is 7.55. The number of rotatable bonds is 2. The Balaban J connectivity index is 1.89. The molecular formula is C22H16. The van der Waals surface area contributed by atoms with Gasteiger partial charge in [0.1, 0.15) is 0 Å². The number of fused-ring (bicyclic) bond motifs is 1. The van der Waals surface area contributed by atoms with Crippen LogP contribution in [0, 0.1) is 0 Å². The van der Waals surface area contributed by atoms with E-state index in [0.717, 1.165) is 0 Å². The van der Waals surface area contributed by atoms with E-state index in [0.29, 0.717) is 0 Å². The zero-order chi connectivity index (χ0) is 14.8. The zero-order valence-corrected chi connectivity index (χ0v) is 12.2. The highest BCUT2D eigenvalue weighted by atomic mass is 14.2. The summed E-state index contributed by atoms with van der Waals surface area (Å²) < 4.78 is 0. The van der Waals surface area contributed by atoms with Crippen molar-refractivity contribution in [2.75, 3.05) is 0 Å². The summed E-state index contributed by atoms with van der Waals surface area (Å²) in [6.45, 7) is 0. The summed E-state index contributed by atoms with van der Waals surface area (Å²) in [7, 11) is 0. The van der Waals surface area contributed by atoms with Crippen LogP contribution >= 0.6 is 0 Å². The summed E-state index contributed by atoms with van der Waals surface area (Å²) in [6, 6.07) is 29.7. The molecule has 0 unspecified atom stereocenters. The fourth-order valence-corrected chi connectivity index (χ4v) is 2.97. The molecule has 0 spiro atoms. The lowest BCUT2D eigenvalue weighted by atomic mass is 9.95. The quantitative estimate of drug-likeness (QED) is 0.558. The van der Waals surface area contributed by atoms with E-state index in [1.165, 1.54) is 33.4 Å².